The van der Waals surface area contributed by atoms with Crippen LogP contribution in [0.5, 0.6) is 0 Å². The highest BCUT2D eigenvalue weighted by Crippen LogP contribution is 2.30. The molecular formula is C14H17Cl2NO3S. The third-order valence-corrected chi connectivity index (χ3v) is 4.94. The van der Waals surface area contributed by atoms with Gasteiger partial charge in [0.25, 0.3) is 0 Å². The standard InChI is InChI=1S/C14H17Cl2NO3S/c1-2-3-7-17-21(19,20)14-12(15)9-11(10-13(14)16)6-4-5-8-18/h9-10,17-18H,2-3,5,7-8H2,1H3. The van der Waals surface area contributed by atoms with Crippen LogP contribution in [0.2, 0.25) is 10.0 Å². The number of nitrogens with one attached hydrogen (secondary N) is 1. The SMILES string of the molecule is CCCCNS(=O)(=O)c1c(Cl)cc(C#CCCO)cc1Cl. The van der Waals surface area contributed by atoms with Gasteiger partial charge in [0.15, 0.2) is 0 Å². The van der Waals surface area contributed by atoms with Crippen LogP contribution in [-0.4, -0.2) is 26.7 Å². The van der Waals surface area contributed by atoms with Crippen molar-refractivity contribution in [3.05, 3.63) is 27.7 Å². The normalized spacial score (nSPS) is 11.0. The fourth-order valence-corrected chi connectivity index (χ4v) is 3.85. The molecule has 1 aromatic carbocycles. The zero-order valence-electron chi connectivity index (χ0n) is 11.6. The Bertz CT molecular complexity index is 625. The molecule has 0 saturated carbocycles. The van der Waals surface area contributed by atoms with E-state index in [0.717, 1.165) is 12.8 Å². The van der Waals surface area contributed by atoms with Crippen molar-refractivity contribution in [1.29, 1.82) is 0 Å². The quantitative estimate of drug-likeness (QED) is 0.612. The molecule has 0 fully saturated rings. The fourth-order valence-electron chi connectivity index (χ4n) is 1.56. The summed E-state index contributed by atoms with van der Waals surface area (Å²) in [5, 5.41) is 8.72. The van der Waals surface area contributed by atoms with E-state index in [4.69, 9.17) is 28.3 Å². The molecule has 0 bridgehead atoms. The Hall–Kier alpha value is -0.770. The zero-order valence-corrected chi connectivity index (χ0v) is 13.9. The van der Waals surface area contributed by atoms with Crippen LogP contribution in [0, 0.1) is 11.8 Å². The second-order valence-corrected chi connectivity index (χ2v) is 6.81. The van der Waals surface area contributed by atoms with Gasteiger partial charge < -0.3 is 5.11 Å². The lowest BCUT2D eigenvalue weighted by Crippen LogP contribution is -2.25. The van der Waals surface area contributed by atoms with Gasteiger partial charge >= 0.3 is 0 Å². The molecule has 0 atom stereocenters. The number of aliphatic hydroxyl groups is 1. The molecule has 0 aliphatic heterocycles. The lowest BCUT2D eigenvalue weighted by atomic mass is 10.2. The number of sulfonamides is 1. The topological polar surface area (TPSA) is 66.4 Å². The van der Waals surface area contributed by atoms with Crippen molar-refractivity contribution in [2.24, 2.45) is 0 Å². The molecule has 7 heteroatoms. The Balaban J connectivity index is 3.08. The largest absolute Gasteiger partial charge is 0.395 e. The van der Waals surface area contributed by atoms with Gasteiger partial charge in [-0.2, -0.15) is 0 Å². The molecule has 2 N–H and O–H groups in total. The van der Waals surface area contributed by atoms with Crippen LogP contribution in [-0.2, 0) is 10.0 Å². The first-order valence-corrected chi connectivity index (χ1v) is 8.74. The monoisotopic (exact) mass is 349 g/mol. The van der Waals surface area contributed by atoms with Gasteiger partial charge in [0, 0.05) is 18.5 Å². The molecule has 0 radical (unpaired) electrons. The molecule has 1 aromatic rings. The van der Waals surface area contributed by atoms with Crippen LogP contribution < -0.4 is 4.72 Å². The summed E-state index contributed by atoms with van der Waals surface area (Å²) in [5.41, 5.74) is 0.506. The average molecular weight is 350 g/mol. The molecule has 0 heterocycles. The summed E-state index contributed by atoms with van der Waals surface area (Å²) in [6.45, 7) is 2.26. The first kappa shape index (κ1) is 18.3. The van der Waals surface area contributed by atoms with E-state index in [0.29, 0.717) is 18.5 Å². The summed E-state index contributed by atoms with van der Waals surface area (Å²) in [6, 6.07) is 2.90. The van der Waals surface area contributed by atoms with Crippen LogP contribution in [0.25, 0.3) is 0 Å². The second-order valence-electron chi connectivity index (χ2n) is 4.30. The summed E-state index contributed by atoms with van der Waals surface area (Å²) in [7, 11) is -3.74. The maximum Gasteiger partial charge on any atom is 0.243 e. The van der Waals surface area contributed by atoms with E-state index < -0.39 is 10.0 Å². The molecule has 0 aliphatic carbocycles. The van der Waals surface area contributed by atoms with Crippen LogP contribution >= 0.6 is 23.2 Å². The smallest absolute Gasteiger partial charge is 0.243 e. The lowest BCUT2D eigenvalue weighted by Gasteiger charge is -2.10. The van der Waals surface area contributed by atoms with Crippen molar-refractivity contribution in [1.82, 2.24) is 4.72 Å². The predicted octanol–water partition coefficient (Wildman–Crippen LogP) is 2.81. The van der Waals surface area contributed by atoms with E-state index in [2.05, 4.69) is 16.6 Å². The summed E-state index contributed by atoms with van der Waals surface area (Å²) < 4.78 is 26.8. The Morgan fingerprint density at radius 1 is 1.29 bits per heavy atom. The highest BCUT2D eigenvalue weighted by Gasteiger charge is 2.21. The first-order chi connectivity index (χ1) is 9.92. The van der Waals surface area contributed by atoms with Crippen molar-refractivity contribution in [3.8, 4) is 11.8 Å². The number of halogens is 2. The van der Waals surface area contributed by atoms with E-state index in [9.17, 15) is 8.42 Å². The molecule has 21 heavy (non-hydrogen) atoms. The highest BCUT2D eigenvalue weighted by molar-refractivity contribution is 7.89. The molecule has 0 spiro atoms. The number of hydrogen-bond acceptors (Lipinski definition) is 3. The third-order valence-electron chi connectivity index (χ3n) is 2.56. The van der Waals surface area contributed by atoms with E-state index in [-0.39, 0.29) is 21.5 Å². The van der Waals surface area contributed by atoms with E-state index in [1.807, 2.05) is 6.92 Å². The second kappa shape index (κ2) is 8.62. The molecule has 0 saturated heterocycles. The number of hydrogen-bond donors (Lipinski definition) is 2. The van der Waals surface area contributed by atoms with Crippen molar-refractivity contribution < 1.29 is 13.5 Å². The van der Waals surface area contributed by atoms with Gasteiger partial charge in [-0.25, -0.2) is 13.1 Å². The Morgan fingerprint density at radius 3 is 2.43 bits per heavy atom. The van der Waals surface area contributed by atoms with Gasteiger partial charge in [-0.3, -0.25) is 0 Å². The van der Waals surface area contributed by atoms with Crippen LogP contribution in [0.4, 0.5) is 0 Å². The Labute approximate surface area is 135 Å². The van der Waals surface area contributed by atoms with Gasteiger partial charge in [-0.15, -0.1) is 0 Å². The molecule has 0 aliphatic rings. The van der Waals surface area contributed by atoms with E-state index in [1.54, 1.807) is 0 Å². The van der Waals surface area contributed by atoms with Crippen LogP contribution in [0.3, 0.4) is 0 Å². The van der Waals surface area contributed by atoms with Gasteiger partial charge in [0.1, 0.15) is 4.90 Å². The van der Waals surface area contributed by atoms with Crippen molar-refractivity contribution in [3.63, 3.8) is 0 Å². The maximum absolute atomic E-state index is 12.2. The average Bonchev–Trinajstić information content (AvgIpc) is 2.38. The van der Waals surface area contributed by atoms with Crippen molar-refractivity contribution in [2.75, 3.05) is 13.2 Å². The first-order valence-electron chi connectivity index (χ1n) is 6.50. The maximum atomic E-state index is 12.2. The highest BCUT2D eigenvalue weighted by atomic mass is 35.5. The number of aliphatic hydroxyl groups excluding tert-OH is 1. The minimum Gasteiger partial charge on any atom is -0.395 e. The van der Waals surface area contributed by atoms with E-state index >= 15 is 0 Å². The van der Waals surface area contributed by atoms with Gasteiger partial charge in [-0.1, -0.05) is 48.4 Å². The molecule has 0 amide bonds. The number of rotatable bonds is 6. The minimum absolute atomic E-state index is 0.0276. The Kier molecular flexibility index (Phi) is 7.50. The van der Waals surface area contributed by atoms with Crippen LogP contribution in [0.1, 0.15) is 31.7 Å². The molecule has 0 aromatic heterocycles. The van der Waals surface area contributed by atoms with Gasteiger partial charge in [0.05, 0.1) is 16.7 Å². The summed E-state index contributed by atoms with van der Waals surface area (Å²) in [6.07, 6.45) is 1.94. The van der Waals surface area contributed by atoms with Crippen molar-refractivity contribution >= 4 is 33.2 Å². The number of unbranched alkanes of at least 4 members (excludes halogenated alkanes) is 1. The zero-order chi connectivity index (χ0) is 15.9. The fraction of sp³-hybridized carbons (Fsp3) is 0.429. The summed E-state index contributed by atoms with van der Waals surface area (Å²) in [5.74, 6) is 5.49. The Morgan fingerprint density at radius 2 is 1.90 bits per heavy atom. The number of benzene rings is 1. The molecule has 116 valence electrons. The van der Waals surface area contributed by atoms with Gasteiger partial charge in [0.2, 0.25) is 10.0 Å². The lowest BCUT2D eigenvalue weighted by molar-refractivity contribution is 0.305. The van der Waals surface area contributed by atoms with Crippen LogP contribution in [0.15, 0.2) is 17.0 Å². The minimum atomic E-state index is -3.74. The molecular weight excluding hydrogens is 333 g/mol. The molecule has 0 unspecified atom stereocenters. The summed E-state index contributed by atoms with van der Waals surface area (Å²) >= 11 is 12.0. The third kappa shape index (κ3) is 5.50. The van der Waals surface area contributed by atoms with Crippen molar-refractivity contribution in [2.45, 2.75) is 31.1 Å². The summed E-state index contributed by atoms with van der Waals surface area (Å²) in [4.78, 5) is -0.130. The molecule has 4 nitrogen and oxygen atoms in total. The van der Waals surface area contributed by atoms with E-state index in [1.165, 1.54) is 12.1 Å². The molecule has 1 rings (SSSR count). The predicted molar refractivity (Wildman–Crippen MR) is 85.1 cm³/mol. The van der Waals surface area contributed by atoms with Gasteiger partial charge in [-0.05, 0) is 18.6 Å².